The summed E-state index contributed by atoms with van der Waals surface area (Å²) in [5, 5.41) is 10.8. The average molecular weight is 415 g/mol. The molecule has 2 saturated carbocycles. The minimum Gasteiger partial charge on any atom is -0.399 e. The number of ether oxygens (including phenoxy) is 2. The van der Waals surface area contributed by atoms with Gasteiger partial charge in [-0.3, -0.25) is 0 Å². The second kappa shape index (κ2) is 7.51. The fourth-order valence-corrected chi connectivity index (χ4v) is 5.81. The summed E-state index contributed by atoms with van der Waals surface area (Å²) in [4.78, 5) is 0. The Balaban J connectivity index is 1.55. The van der Waals surface area contributed by atoms with Gasteiger partial charge in [-0.05, 0) is 36.0 Å². The maximum absolute atomic E-state index is 10.7. The van der Waals surface area contributed by atoms with Crippen molar-refractivity contribution in [1.82, 2.24) is 0 Å². The number of fused-ring (bicyclic) bond motifs is 2. The van der Waals surface area contributed by atoms with E-state index in [1.165, 1.54) is 0 Å². The molecule has 1 N–H and O–H groups in total. The second-order valence-corrected chi connectivity index (χ2v) is 15.0. The molecule has 1 heterocycles. The van der Waals surface area contributed by atoms with Gasteiger partial charge in [-0.2, -0.15) is 0 Å². The monoisotopic (exact) mass is 414 g/mol. The summed E-state index contributed by atoms with van der Waals surface area (Å²) in [5.74, 6) is 6.98. The van der Waals surface area contributed by atoms with Gasteiger partial charge in [0.2, 0.25) is 0 Å². The van der Waals surface area contributed by atoms with Crippen LogP contribution in [-0.2, 0) is 13.9 Å². The molecule has 5 heteroatoms. The van der Waals surface area contributed by atoms with Gasteiger partial charge in [0.05, 0.1) is 19.3 Å². The van der Waals surface area contributed by atoms with Crippen LogP contribution in [0.3, 0.4) is 0 Å². The van der Waals surface area contributed by atoms with Gasteiger partial charge < -0.3 is 19.0 Å². The third-order valence-corrected chi connectivity index (χ3v) is 11.9. The third-order valence-electron chi connectivity index (χ3n) is 7.45. The minimum atomic E-state index is -1.99. The molecular formula is C24H34O4Si. The molecule has 4 rings (SSSR count). The summed E-state index contributed by atoms with van der Waals surface area (Å²) in [6.45, 7) is 12.6. The molecule has 3 fully saturated rings. The van der Waals surface area contributed by atoms with Gasteiger partial charge in [-0.1, -0.05) is 62.9 Å². The molecular weight excluding hydrogens is 380 g/mol. The van der Waals surface area contributed by atoms with E-state index in [-0.39, 0.29) is 23.0 Å². The summed E-state index contributed by atoms with van der Waals surface area (Å²) in [5.41, 5.74) is 1.08. The third kappa shape index (κ3) is 3.82. The van der Waals surface area contributed by atoms with Crippen molar-refractivity contribution in [3.8, 4) is 11.8 Å². The first-order chi connectivity index (χ1) is 13.6. The SMILES string of the molecule is CC(C)(C)[Si](C)(C)OC(C#CC1C(O)CC2C1CC21OCCO1)c1ccccc1. The van der Waals surface area contributed by atoms with Crippen LogP contribution in [0.1, 0.15) is 45.3 Å². The summed E-state index contributed by atoms with van der Waals surface area (Å²) in [6, 6.07) is 10.2. The van der Waals surface area contributed by atoms with Crippen molar-refractivity contribution >= 4 is 8.32 Å². The highest BCUT2D eigenvalue weighted by Gasteiger charge is 2.64. The topological polar surface area (TPSA) is 47.9 Å². The summed E-state index contributed by atoms with van der Waals surface area (Å²) in [7, 11) is -1.99. The summed E-state index contributed by atoms with van der Waals surface area (Å²) >= 11 is 0. The van der Waals surface area contributed by atoms with Crippen molar-refractivity contribution in [1.29, 1.82) is 0 Å². The number of rotatable bonds is 3. The first-order valence-electron chi connectivity index (χ1n) is 10.8. The molecule has 0 amide bonds. The van der Waals surface area contributed by atoms with Crippen LogP contribution in [0.5, 0.6) is 0 Å². The van der Waals surface area contributed by atoms with Crippen molar-refractivity contribution in [2.24, 2.45) is 17.8 Å². The van der Waals surface area contributed by atoms with E-state index in [0.717, 1.165) is 12.0 Å². The number of aliphatic hydroxyl groups is 1. The van der Waals surface area contributed by atoms with Crippen molar-refractivity contribution < 1.29 is 19.0 Å². The molecule has 2 aliphatic carbocycles. The highest BCUT2D eigenvalue weighted by Crippen LogP contribution is 2.59. The molecule has 29 heavy (non-hydrogen) atoms. The number of hydrogen-bond donors (Lipinski definition) is 1. The molecule has 4 nitrogen and oxygen atoms in total. The molecule has 5 unspecified atom stereocenters. The predicted molar refractivity (Wildman–Crippen MR) is 116 cm³/mol. The normalized spacial score (nSPS) is 31.7. The lowest BCUT2D eigenvalue weighted by Gasteiger charge is -2.48. The van der Waals surface area contributed by atoms with Crippen molar-refractivity contribution in [2.75, 3.05) is 13.2 Å². The van der Waals surface area contributed by atoms with Gasteiger partial charge in [0, 0.05) is 18.3 Å². The fraction of sp³-hybridized carbons (Fsp3) is 0.667. The first-order valence-corrected chi connectivity index (χ1v) is 13.7. The largest absolute Gasteiger partial charge is 0.399 e. The zero-order chi connectivity index (χ0) is 20.9. The maximum Gasteiger partial charge on any atom is 0.194 e. The Morgan fingerprint density at radius 1 is 1.17 bits per heavy atom. The van der Waals surface area contributed by atoms with Gasteiger partial charge in [0.25, 0.3) is 0 Å². The van der Waals surface area contributed by atoms with Crippen molar-refractivity contribution in [2.45, 2.75) is 69.7 Å². The van der Waals surface area contributed by atoms with Crippen LogP contribution < -0.4 is 0 Å². The van der Waals surface area contributed by atoms with Crippen LogP contribution in [0.25, 0.3) is 0 Å². The Morgan fingerprint density at radius 2 is 1.83 bits per heavy atom. The van der Waals surface area contributed by atoms with Crippen LogP contribution in [0.4, 0.5) is 0 Å². The molecule has 1 aliphatic heterocycles. The lowest BCUT2D eigenvalue weighted by molar-refractivity contribution is -0.270. The van der Waals surface area contributed by atoms with Crippen LogP contribution >= 0.6 is 0 Å². The maximum atomic E-state index is 10.7. The van der Waals surface area contributed by atoms with Gasteiger partial charge in [0.1, 0.15) is 6.10 Å². The molecule has 0 bridgehead atoms. The van der Waals surface area contributed by atoms with Crippen molar-refractivity contribution in [3.05, 3.63) is 35.9 Å². The van der Waals surface area contributed by atoms with Crippen LogP contribution in [0, 0.1) is 29.6 Å². The van der Waals surface area contributed by atoms with E-state index >= 15 is 0 Å². The second-order valence-electron chi connectivity index (χ2n) is 10.3. The fourth-order valence-electron chi connectivity index (χ4n) is 4.67. The Bertz CT molecular complexity index is 783. The van der Waals surface area contributed by atoms with E-state index in [9.17, 15) is 5.11 Å². The quantitative estimate of drug-likeness (QED) is 0.584. The molecule has 158 valence electrons. The van der Waals surface area contributed by atoms with Gasteiger partial charge in [-0.25, -0.2) is 0 Å². The smallest absolute Gasteiger partial charge is 0.194 e. The zero-order valence-corrected chi connectivity index (χ0v) is 19.3. The Hall–Kier alpha value is -1.16. The van der Waals surface area contributed by atoms with Crippen LogP contribution in [-0.4, -0.2) is 38.5 Å². The van der Waals surface area contributed by atoms with Gasteiger partial charge >= 0.3 is 0 Å². The summed E-state index contributed by atoms with van der Waals surface area (Å²) in [6.07, 6.45) is 0.862. The molecule has 1 aromatic carbocycles. The molecule has 1 spiro atoms. The Morgan fingerprint density at radius 3 is 2.45 bits per heavy atom. The highest BCUT2D eigenvalue weighted by atomic mass is 28.4. The number of benzene rings is 1. The van der Waals surface area contributed by atoms with Crippen molar-refractivity contribution in [3.63, 3.8) is 0 Å². The molecule has 0 aromatic heterocycles. The molecule has 1 aromatic rings. The summed E-state index contributed by atoms with van der Waals surface area (Å²) < 4.78 is 18.5. The average Bonchev–Trinajstić information content (AvgIpc) is 3.24. The lowest BCUT2D eigenvalue weighted by Crippen LogP contribution is -2.53. The van der Waals surface area contributed by atoms with Gasteiger partial charge in [0.15, 0.2) is 14.1 Å². The lowest BCUT2D eigenvalue weighted by atomic mass is 9.67. The van der Waals surface area contributed by atoms with Crippen LogP contribution in [0.15, 0.2) is 30.3 Å². The Labute approximate surface area is 176 Å². The number of aliphatic hydroxyl groups excluding tert-OH is 1. The molecule has 5 atom stereocenters. The van der Waals surface area contributed by atoms with Gasteiger partial charge in [-0.15, -0.1) is 0 Å². The minimum absolute atomic E-state index is 0.0346. The van der Waals surface area contributed by atoms with E-state index in [1.54, 1.807) is 0 Å². The highest BCUT2D eigenvalue weighted by molar-refractivity contribution is 6.74. The first kappa shape index (κ1) is 21.1. The van der Waals surface area contributed by atoms with E-state index in [0.29, 0.717) is 25.6 Å². The zero-order valence-electron chi connectivity index (χ0n) is 18.3. The number of hydrogen-bond acceptors (Lipinski definition) is 4. The Kier molecular flexibility index (Phi) is 5.46. The van der Waals surface area contributed by atoms with Crippen LogP contribution in [0.2, 0.25) is 18.1 Å². The van der Waals surface area contributed by atoms with E-state index < -0.39 is 20.2 Å². The standard InChI is InChI=1S/C24H34O4Si/c1-23(2,3)29(4,5)28-22(17-9-7-6-8-10-17)12-11-18-19-16-24(26-13-14-27-24)20(19)15-21(18)25/h6-10,18-22,25H,13-16H2,1-5H3. The van der Waals surface area contributed by atoms with E-state index in [4.69, 9.17) is 13.9 Å². The van der Waals surface area contributed by atoms with E-state index in [1.807, 2.05) is 18.2 Å². The molecule has 3 aliphatic rings. The molecule has 0 radical (unpaired) electrons. The molecule has 1 saturated heterocycles. The van der Waals surface area contributed by atoms with E-state index in [2.05, 4.69) is 57.8 Å². The predicted octanol–water partition coefficient (Wildman–Crippen LogP) is 4.51.